The second-order valence-corrected chi connectivity index (χ2v) is 2.25. The lowest BCUT2D eigenvalue weighted by Crippen LogP contribution is -2.26. The van der Waals surface area contributed by atoms with Crippen LogP contribution in [0.4, 0.5) is 4.39 Å². The summed E-state index contributed by atoms with van der Waals surface area (Å²) in [6, 6.07) is 0.0706. The fourth-order valence-corrected chi connectivity index (χ4v) is 0.601. The summed E-state index contributed by atoms with van der Waals surface area (Å²) in [6.45, 7) is 6.90. The highest BCUT2D eigenvalue weighted by atomic mass is 19.1. The molecular weight excluding hydrogens is 131 g/mol. The van der Waals surface area contributed by atoms with Gasteiger partial charge >= 0.3 is 0 Å². The zero-order chi connectivity index (χ0) is 8.15. The maximum atomic E-state index is 12.4. The predicted molar refractivity (Wildman–Crippen MR) is 41.6 cm³/mol. The smallest absolute Gasteiger partial charge is 0.187 e. The normalized spacial score (nSPS) is 10.9. The van der Waals surface area contributed by atoms with Crippen LogP contribution >= 0.6 is 0 Å². The topological polar surface area (TPSA) is 15.6 Å². The van der Waals surface area contributed by atoms with E-state index >= 15 is 0 Å². The first kappa shape index (κ1) is 9.14. The fraction of sp³-hybridized carbons (Fsp3) is 0.571. The van der Waals surface area contributed by atoms with Gasteiger partial charge in [-0.2, -0.15) is 4.39 Å². The quantitative estimate of drug-likeness (QED) is 0.335. The van der Waals surface area contributed by atoms with Crippen LogP contribution in [0.15, 0.2) is 17.5 Å². The number of hydrogen-bond donors (Lipinski definition) is 0. The lowest BCUT2D eigenvalue weighted by atomic mass is 10.4. The van der Waals surface area contributed by atoms with E-state index in [0.717, 1.165) is 0 Å². The summed E-state index contributed by atoms with van der Waals surface area (Å²) in [5.41, 5.74) is 0. The zero-order valence-electron chi connectivity index (χ0n) is 6.63. The van der Waals surface area contributed by atoms with Crippen molar-refractivity contribution in [1.29, 1.82) is 0 Å². The van der Waals surface area contributed by atoms with Gasteiger partial charge in [0.2, 0.25) is 0 Å². The first-order chi connectivity index (χ1) is 4.59. The molecule has 0 aromatic rings. The maximum Gasteiger partial charge on any atom is 0.187 e. The first-order valence-corrected chi connectivity index (χ1v) is 3.14. The second-order valence-electron chi connectivity index (χ2n) is 2.25. The van der Waals surface area contributed by atoms with Gasteiger partial charge in [-0.1, -0.05) is 0 Å². The van der Waals surface area contributed by atoms with Crippen molar-refractivity contribution in [2.75, 3.05) is 7.05 Å². The molecule has 0 saturated heterocycles. The molecule has 0 N–H and O–H groups in total. The Balaban J connectivity index is 4.12. The summed E-state index contributed by atoms with van der Waals surface area (Å²) >= 11 is 0. The van der Waals surface area contributed by atoms with Crippen molar-refractivity contribution in [1.82, 2.24) is 4.90 Å². The van der Waals surface area contributed by atoms with Crippen molar-refractivity contribution in [3.63, 3.8) is 0 Å². The summed E-state index contributed by atoms with van der Waals surface area (Å²) in [6.07, 6.45) is 1.42. The zero-order valence-corrected chi connectivity index (χ0v) is 6.63. The van der Waals surface area contributed by atoms with Gasteiger partial charge < -0.3 is 4.90 Å². The number of halogens is 1. The van der Waals surface area contributed by atoms with Gasteiger partial charge in [-0.15, -0.1) is 0 Å². The summed E-state index contributed by atoms with van der Waals surface area (Å²) < 4.78 is 12.4. The molecule has 0 aromatic carbocycles. The second kappa shape index (κ2) is 4.04. The third-order valence-corrected chi connectivity index (χ3v) is 1.08. The minimum atomic E-state index is -0.472. The van der Waals surface area contributed by atoms with Crippen molar-refractivity contribution < 1.29 is 4.39 Å². The molecule has 2 nitrogen and oxygen atoms in total. The van der Waals surface area contributed by atoms with Gasteiger partial charge in [-0.05, 0) is 20.4 Å². The molecule has 0 spiro atoms. The Morgan fingerprint density at radius 2 is 2.20 bits per heavy atom. The van der Waals surface area contributed by atoms with E-state index < -0.39 is 5.95 Å². The van der Waals surface area contributed by atoms with Gasteiger partial charge in [0.05, 0.1) is 6.34 Å². The summed E-state index contributed by atoms with van der Waals surface area (Å²) in [4.78, 5) is 5.04. The van der Waals surface area contributed by atoms with Crippen LogP contribution in [0, 0.1) is 0 Å². The Kier molecular flexibility index (Phi) is 3.69. The van der Waals surface area contributed by atoms with Crippen LogP contribution in [0.25, 0.3) is 0 Å². The molecule has 0 fully saturated rings. The minimum absolute atomic E-state index is 0.0706. The van der Waals surface area contributed by atoms with Crippen LogP contribution in [0.1, 0.15) is 13.8 Å². The molecule has 0 unspecified atom stereocenters. The SMILES string of the molecule is C=C(F)N(C=NC)C(C)C. The van der Waals surface area contributed by atoms with Crippen molar-refractivity contribution in [3.8, 4) is 0 Å². The van der Waals surface area contributed by atoms with E-state index in [1.807, 2.05) is 13.8 Å². The van der Waals surface area contributed by atoms with E-state index in [2.05, 4.69) is 11.6 Å². The average molecular weight is 144 g/mol. The van der Waals surface area contributed by atoms with E-state index in [4.69, 9.17) is 0 Å². The van der Waals surface area contributed by atoms with E-state index in [1.54, 1.807) is 7.05 Å². The Bertz CT molecular complexity index is 141. The number of rotatable bonds is 3. The van der Waals surface area contributed by atoms with Gasteiger partial charge in [0.1, 0.15) is 0 Å². The third-order valence-electron chi connectivity index (χ3n) is 1.08. The summed E-state index contributed by atoms with van der Waals surface area (Å²) in [5.74, 6) is -0.472. The highest BCUT2D eigenvalue weighted by Crippen LogP contribution is 2.04. The average Bonchev–Trinajstić information content (AvgIpc) is 1.81. The van der Waals surface area contributed by atoms with Gasteiger partial charge in [0.25, 0.3) is 0 Å². The third kappa shape index (κ3) is 2.62. The fourth-order valence-electron chi connectivity index (χ4n) is 0.601. The standard InChI is InChI=1S/C7H13FN2/c1-6(2)10(5-9-4)7(3)8/h5-6H,3H2,1-2,4H3. The molecule has 58 valence electrons. The number of aliphatic imine (C=N–C) groups is 1. The van der Waals surface area contributed by atoms with Crippen LogP contribution in [0.2, 0.25) is 0 Å². The molecule has 0 aromatic heterocycles. The molecule has 0 bridgehead atoms. The highest BCUT2D eigenvalue weighted by Gasteiger charge is 2.06. The van der Waals surface area contributed by atoms with E-state index in [0.29, 0.717) is 0 Å². The summed E-state index contributed by atoms with van der Waals surface area (Å²) in [7, 11) is 1.60. The van der Waals surface area contributed by atoms with Crippen molar-refractivity contribution in [2.45, 2.75) is 19.9 Å². The van der Waals surface area contributed by atoms with Crippen LogP contribution in [0.3, 0.4) is 0 Å². The van der Waals surface area contributed by atoms with Gasteiger partial charge in [-0.3, -0.25) is 4.99 Å². The molecule has 3 heteroatoms. The molecule has 10 heavy (non-hydrogen) atoms. The van der Waals surface area contributed by atoms with Gasteiger partial charge in [-0.25, -0.2) is 0 Å². The Morgan fingerprint density at radius 3 is 2.30 bits per heavy atom. The molecular formula is C7H13FN2. The Labute approximate surface area is 61.1 Å². The molecule has 0 aliphatic carbocycles. The van der Waals surface area contributed by atoms with Crippen LogP contribution < -0.4 is 0 Å². The molecule has 0 aliphatic heterocycles. The van der Waals surface area contributed by atoms with Crippen LogP contribution in [0.5, 0.6) is 0 Å². The minimum Gasteiger partial charge on any atom is -0.307 e. The first-order valence-electron chi connectivity index (χ1n) is 3.14. The van der Waals surface area contributed by atoms with Crippen LogP contribution in [-0.2, 0) is 0 Å². The lowest BCUT2D eigenvalue weighted by Gasteiger charge is -2.19. The molecule has 0 atom stereocenters. The van der Waals surface area contributed by atoms with E-state index in [9.17, 15) is 4.39 Å². The molecule has 0 heterocycles. The highest BCUT2D eigenvalue weighted by molar-refractivity contribution is 5.57. The molecule has 0 radical (unpaired) electrons. The van der Waals surface area contributed by atoms with Gasteiger partial charge in [0, 0.05) is 13.1 Å². The molecule has 0 aliphatic rings. The number of nitrogens with zero attached hydrogens (tertiary/aromatic N) is 2. The van der Waals surface area contributed by atoms with Crippen molar-refractivity contribution in [2.24, 2.45) is 4.99 Å². The van der Waals surface area contributed by atoms with Crippen molar-refractivity contribution in [3.05, 3.63) is 12.5 Å². The largest absolute Gasteiger partial charge is 0.307 e. The molecule has 0 saturated carbocycles. The summed E-state index contributed by atoms with van der Waals surface area (Å²) in [5, 5.41) is 0. The van der Waals surface area contributed by atoms with E-state index in [-0.39, 0.29) is 6.04 Å². The van der Waals surface area contributed by atoms with Crippen molar-refractivity contribution >= 4 is 6.34 Å². The Hall–Kier alpha value is -0.860. The number of hydrogen-bond acceptors (Lipinski definition) is 1. The molecule has 0 amide bonds. The predicted octanol–water partition coefficient (Wildman–Crippen LogP) is 1.80. The molecule has 0 rings (SSSR count). The Morgan fingerprint density at radius 1 is 1.70 bits per heavy atom. The lowest BCUT2D eigenvalue weighted by molar-refractivity contribution is 0.343. The monoisotopic (exact) mass is 144 g/mol. The van der Waals surface area contributed by atoms with E-state index in [1.165, 1.54) is 11.2 Å². The maximum absolute atomic E-state index is 12.4. The van der Waals surface area contributed by atoms with Crippen LogP contribution in [-0.4, -0.2) is 24.3 Å². The van der Waals surface area contributed by atoms with Gasteiger partial charge in [0.15, 0.2) is 5.95 Å².